The Morgan fingerprint density at radius 1 is 0.535 bits per heavy atom. The van der Waals surface area contributed by atoms with Crippen molar-refractivity contribution in [1.29, 1.82) is 0 Å². The van der Waals surface area contributed by atoms with Gasteiger partial charge < -0.3 is 24.2 Å². The second-order valence-electron chi connectivity index (χ2n) is 25.9. The highest BCUT2D eigenvalue weighted by atomic mass is 32.2. The van der Waals surface area contributed by atoms with Crippen LogP contribution >= 0.6 is 11.8 Å². The fourth-order valence-corrected chi connectivity index (χ4v) is 17.7. The number of rotatable bonds is 14. The molecule has 3 saturated carbocycles. The molecule has 8 bridgehead atoms. The van der Waals surface area contributed by atoms with Crippen molar-refractivity contribution in [2.75, 3.05) is 21.3 Å². The van der Waals surface area contributed by atoms with Crippen LogP contribution in [0.15, 0.2) is 114 Å². The third-order valence-corrected chi connectivity index (χ3v) is 22.2. The van der Waals surface area contributed by atoms with Crippen LogP contribution in [-0.4, -0.2) is 46.5 Å². The molecule has 5 heterocycles. The number of aromatic nitrogens is 4. The van der Waals surface area contributed by atoms with Crippen LogP contribution in [0, 0.1) is 69.6 Å². The summed E-state index contributed by atoms with van der Waals surface area (Å²) in [4.78, 5) is 17.0. The number of halogens is 4. The lowest BCUT2D eigenvalue weighted by atomic mass is 9.47. The van der Waals surface area contributed by atoms with E-state index in [1.165, 1.54) is 50.5 Å². The number of hydrogen-bond donors (Lipinski definition) is 2. The fourth-order valence-electron chi connectivity index (χ4n) is 16.5. The smallest absolute Gasteiger partial charge is 0.176 e. The quantitative estimate of drug-likeness (QED) is 0.0641. The lowest BCUT2D eigenvalue weighted by Crippen LogP contribution is -2.50. The molecule has 0 saturated heterocycles. The zero-order valence-corrected chi connectivity index (χ0v) is 51.3. The highest BCUT2D eigenvalue weighted by Crippen LogP contribution is 2.68. The molecule has 86 heavy (non-hydrogen) atoms. The largest absolute Gasteiger partial charge is 0.497 e. The number of fused-ring (bicyclic) bond motifs is 13. The van der Waals surface area contributed by atoms with Gasteiger partial charge >= 0.3 is 0 Å². The van der Waals surface area contributed by atoms with Crippen molar-refractivity contribution in [2.45, 2.75) is 115 Å². The highest BCUT2D eigenvalue weighted by molar-refractivity contribution is 8.00. The van der Waals surface area contributed by atoms with Gasteiger partial charge in [0.1, 0.15) is 17.2 Å². The number of H-pyrrole nitrogens is 2. The molecule has 0 spiro atoms. The summed E-state index contributed by atoms with van der Waals surface area (Å²) in [7, 11) is 4.83. The first-order valence-corrected chi connectivity index (χ1v) is 31.8. The Morgan fingerprint density at radius 3 is 1.47 bits per heavy atom. The van der Waals surface area contributed by atoms with Crippen molar-refractivity contribution in [3.8, 4) is 61.8 Å². The van der Waals surface area contributed by atoms with Crippen molar-refractivity contribution < 1.29 is 31.8 Å². The van der Waals surface area contributed by atoms with Gasteiger partial charge in [-0.05, 0) is 199 Å². The first-order valence-electron chi connectivity index (χ1n) is 30.9. The molecule has 6 aliphatic rings. The van der Waals surface area contributed by atoms with Gasteiger partial charge in [-0.2, -0.15) is 0 Å². The van der Waals surface area contributed by atoms with Crippen molar-refractivity contribution in [3.63, 3.8) is 0 Å². The Hall–Kier alpha value is -7.31. The van der Waals surface area contributed by atoms with Crippen molar-refractivity contribution in [2.24, 2.45) is 46.3 Å². The Balaban J connectivity index is 0.923. The molecule has 4 aromatic carbocycles. The predicted octanol–water partition coefficient (Wildman–Crippen LogP) is 20.4. The Morgan fingerprint density at radius 2 is 1.00 bits per heavy atom. The third kappa shape index (κ3) is 10.1. The van der Waals surface area contributed by atoms with E-state index in [0.717, 1.165) is 70.1 Å². The molecule has 0 unspecified atom stereocenters. The van der Waals surface area contributed by atoms with E-state index in [9.17, 15) is 0 Å². The molecule has 2 N–H and O–H groups in total. The number of aromatic amines is 2. The Labute approximate surface area is 506 Å². The Kier molecular flexibility index (Phi) is 15.5. The maximum absolute atomic E-state index is 17.7. The summed E-state index contributed by atoms with van der Waals surface area (Å²) < 4.78 is 86.8. The minimum absolute atomic E-state index is 0.0147. The first-order chi connectivity index (χ1) is 41.6. The number of ether oxygens (including phenoxy) is 3. The SMILES string of the molecule is COc1ccc(-c2c3nc(c(-c4ccc(OC)cc4)c4ccc([nH]4)c(-c4c(F)c(F)c(S[C@H]5CC[C@@]6(C)C(=CC[C@H]7[C@@H]8CC[C@H]([C@H](C)CCCC(C)C)[C@@]8(C)CC[C@@H]76)C5)c(F)c4F)c4nc(c(-c5ccc(OC)cc5)c5ccc2[nH]5)C=C4)C=C3)cc1. The van der Waals surface area contributed by atoms with Crippen LogP contribution in [0.5, 0.6) is 17.2 Å². The molecule has 3 fully saturated rings. The lowest BCUT2D eigenvalue weighted by Gasteiger charge is -2.58. The van der Waals surface area contributed by atoms with Gasteiger partial charge in [0, 0.05) is 49.6 Å². The van der Waals surface area contributed by atoms with Crippen LogP contribution in [0.25, 0.3) is 90.9 Å². The number of benzene rings is 4. The molecule has 7 aromatic rings. The second-order valence-corrected chi connectivity index (χ2v) is 27.2. The highest BCUT2D eigenvalue weighted by Gasteiger charge is 2.59. The van der Waals surface area contributed by atoms with Crippen LogP contribution in [0.1, 0.15) is 128 Å². The molecule has 12 heteroatoms. The van der Waals surface area contributed by atoms with E-state index in [0.29, 0.717) is 92.5 Å². The number of thioether (sulfide) groups is 1. The Bertz CT molecular complexity index is 3960. The van der Waals surface area contributed by atoms with E-state index in [2.05, 4.69) is 50.7 Å². The summed E-state index contributed by atoms with van der Waals surface area (Å²) in [6.45, 7) is 12.2. The lowest BCUT2D eigenvalue weighted by molar-refractivity contribution is -0.0497. The van der Waals surface area contributed by atoms with Crippen molar-refractivity contribution in [3.05, 3.63) is 155 Å². The van der Waals surface area contributed by atoms with Crippen LogP contribution < -0.4 is 14.2 Å². The summed E-state index contributed by atoms with van der Waals surface area (Å²) in [5.41, 5.74) is 9.19. The van der Waals surface area contributed by atoms with E-state index in [4.69, 9.17) is 24.2 Å². The van der Waals surface area contributed by atoms with Crippen LogP contribution in [0.4, 0.5) is 17.6 Å². The first kappa shape index (κ1) is 57.7. The summed E-state index contributed by atoms with van der Waals surface area (Å²) >= 11 is 0.942. The van der Waals surface area contributed by atoms with Gasteiger partial charge in [0.15, 0.2) is 23.3 Å². The molecule has 8 atom stereocenters. The van der Waals surface area contributed by atoms with Crippen LogP contribution in [0.3, 0.4) is 0 Å². The van der Waals surface area contributed by atoms with Crippen molar-refractivity contribution >= 4 is 58.1 Å². The van der Waals surface area contributed by atoms with Gasteiger partial charge in [-0.25, -0.2) is 27.5 Å². The minimum atomic E-state index is -1.48. The molecule has 0 amide bonds. The number of allylic oxidation sites excluding steroid dienone is 2. The number of hydrogen-bond acceptors (Lipinski definition) is 6. The zero-order valence-electron chi connectivity index (χ0n) is 50.5. The van der Waals surface area contributed by atoms with E-state index >= 15 is 17.6 Å². The van der Waals surface area contributed by atoms with E-state index in [1.807, 2.05) is 97.1 Å². The monoisotopic (exact) mass is 1180 g/mol. The number of nitrogens with zero attached hydrogens (tertiary/aromatic N) is 2. The number of methoxy groups -OCH3 is 3. The molecule has 3 aromatic heterocycles. The average molecular weight is 1180 g/mol. The summed E-state index contributed by atoms with van der Waals surface area (Å²) in [5.74, 6) is 0.312. The van der Waals surface area contributed by atoms with Crippen LogP contribution in [-0.2, 0) is 0 Å². The van der Waals surface area contributed by atoms with Gasteiger partial charge in [-0.1, -0.05) is 102 Å². The molecule has 7 nitrogen and oxygen atoms in total. The summed E-state index contributed by atoms with van der Waals surface area (Å²) in [6.07, 6.45) is 22.0. The van der Waals surface area contributed by atoms with Gasteiger partial charge in [0.05, 0.1) is 54.6 Å². The molecule has 2 aliphatic heterocycles. The minimum Gasteiger partial charge on any atom is -0.497 e. The standard InChI is InChI=1S/C74H76F4N4O3S/c1-41(2)10-9-11-42(3)52-26-27-53-51-25-18-46-40-50(36-38-73(46,4)54(51)37-39-74(52,53)5)86-72-70(77)68(75)67(69(76)71(72)78)66-61-34-32-59(81-61)64(44-14-21-48(84-7)22-15-44)57-30-28-55(79-57)63(43-12-19-47(83-6)20-13-43)56-29-31-58(80-56)65(60-33-35-62(66)82-60)45-16-23-49(85-8)24-17-45/h12-24,28-35,41-42,50-54,79,82H,9-11,25-27,36-40H2,1-8H3/t42-,50+,51+,52-,53+,54+,73+,74-/m1/s1. The normalized spacial score (nSPS) is 23.4. The van der Waals surface area contributed by atoms with Gasteiger partial charge in [-0.15, -0.1) is 11.8 Å². The van der Waals surface area contributed by atoms with Gasteiger partial charge in [0.25, 0.3) is 0 Å². The topological polar surface area (TPSA) is 85.1 Å². The maximum Gasteiger partial charge on any atom is 0.176 e. The predicted molar refractivity (Wildman–Crippen MR) is 343 cm³/mol. The van der Waals surface area contributed by atoms with Gasteiger partial charge in [0.2, 0.25) is 0 Å². The van der Waals surface area contributed by atoms with E-state index in [-0.39, 0.29) is 27.4 Å². The molecular formula is C74H76F4N4O3S. The van der Waals surface area contributed by atoms with Crippen molar-refractivity contribution in [1.82, 2.24) is 19.9 Å². The summed E-state index contributed by atoms with van der Waals surface area (Å²) in [5, 5.41) is -0.265. The molecule has 4 aliphatic carbocycles. The fraction of sp³-hybridized carbons (Fsp3) is 0.378. The summed E-state index contributed by atoms with van der Waals surface area (Å²) in [6, 6.07) is 30.3. The zero-order chi connectivity index (χ0) is 59.8. The van der Waals surface area contributed by atoms with E-state index < -0.39 is 33.7 Å². The van der Waals surface area contributed by atoms with E-state index in [1.54, 1.807) is 45.6 Å². The molecule has 13 rings (SSSR count). The molecular weight excluding hydrogens is 1100 g/mol. The third-order valence-electron chi connectivity index (χ3n) is 20.9. The molecule has 0 radical (unpaired) electrons. The average Bonchev–Trinajstić information content (AvgIpc) is 1.79. The van der Waals surface area contributed by atoms with Gasteiger partial charge in [-0.3, -0.25) is 0 Å². The van der Waals surface area contributed by atoms with Crippen LogP contribution in [0.2, 0.25) is 0 Å². The second kappa shape index (κ2) is 23.1. The number of nitrogens with one attached hydrogen (secondary N) is 2. The maximum atomic E-state index is 17.7. The molecule has 444 valence electrons.